The first-order chi connectivity index (χ1) is 10.4. The van der Waals surface area contributed by atoms with Gasteiger partial charge >= 0.3 is 0 Å². The Morgan fingerprint density at radius 2 is 1.64 bits per heavy atom. The average molecular weight is 339 g/mol. The molecule has 0 aliphatic carbocycles. The highest BCUT2D eigenvalue weighted by Gasteiger charge is 2.17. The average Bonchev–Trinajstić information content (AvgIpc) is 2.50. The number of nitrogens with zero attached hydrogens (tertiary/aromatic N) is 1. The number of hydrogen-bond donors (Lipinski definition) is 0. The van der Waals surface area contributed by atoms with E-state index in [4.69, 9.17) is 11.6 Å². The van der Waals surface area contributed by atoms with Gasteiger partial charge < -0.3 is 14.8 Å². The fourth-order valence-electron chi connectivity index (χ4n) is 1.90. The van der Waals surface area contributed by atoms with Crippen LogP contribution in [0.3, 0.4) is 0 Å². The van der Waals surface area contributed by atoms with Crippen molar-refractivity contribution >= 4 is 33.2 Å². The second-order valence-electron chi connectivity index (χ2n) is 4.53. The first-order valence-corrected chi connectivity index (χ1v) is 8.45. The molecule has 22 heavy (non-hydrogen) atoms. The van der Waals surface area contributed by atoms with E-state index >= 15 is 0 Å². The van der Waals surface area contributed by atoms with Gasteiger partial charge in [-0.05, 0) is 36.4 Å². The number of carboxylic acid groups (broad SMARTS) is 1. The second-order valence-corrected chi connectivity index (χ2v) is 7.07. The molecule has 0 spiro atoms. The highest BCUT2D eigenvalue weighted by atomic mass is 35.5. The number of amides is 1. The van der Waals surface area contributed by atoms with Crippen LogP contribution in [0.15, 0.2) is 59.5 Å². The number of anilines is 1. The van der Waals surface area contributed by atoms with Crippen molar-refractivity contribution in [1.29, 1.82) is 0 Å². The number of rotatable bonds is 5. The van der Waals surface area contributed by atoms with Gasteiger partial charge in [0.05, 0.1) is 10.6 Å². The molecule has 2 aromatic carbocycles. The van der Waals surface area contributed by atoms with Crippen LogP contribution in [-0.2, 0) is 9.84 Å². The molecule has 1 amide bonds. The van der Waals surface area contributed by atoms with Gasteiger partial charge in [0, 0.05) is 17.3 Å². The number of carbonyl (C=O) groups excluding carboxylic acids is 1. The van der Waals surface area contributed by atoms with Crippen LogP contribution in [0, 0.1) is 0 Å². The van der Waals surface area contributed by atoms with Gasteiger partial charge in [-0.2, -0.15) is 0 Å². The minimum absolute atomic E-state index is 0.157. The third kappa shape index (κ3) is 3.99. The summed E-state index contributed by atoms with van der Waals surface area (Å²) in [5.41, 5.74) is 0.313. The Morgan fingerprint density at radius 3 is 2.18 bits per heavy atom. The van der Waals surface area contributed by atoms with Crippen LogP contribution < -0.4 is 10.0 Å². The van der Waals surface area contributed by atoms with E-state index < -0.39 is 15.9 Å². The standard InChI is InChI=1S/C15H14ClNO4S/c16-12-6-8-13(9-7-12)17(15(18)19)10-11-22(20,21)14-4-2-1-3-5-14/h1-9H,10-11H2,(H,18,19)/p-1. The lowest BCUT2D eigenvalue weighted by Gasteiger charge is -2.25. The van der Waals surface area contributed by atoms with Gasteiger partial charge in [-0.25, -0.2) is 8.42 Å². The Labute approximate surface area is 133 Å². The smallest absolute Gasteiger partial charge is 0.180 e. The Bertz CT molecular complexity index is 745. The van der Waals surface area contributed by atoms with Gasteiger partial charge in [-0.15, -0.1) is 0 Å². The van der Waals surface area contributed by atoms with Crippen molar-refractivity contribution in [3.63, 3.8) is 0 Å². The van der Waals surface area contributed by atoms with Crippen LogP contribution in [0.1, 0.15) is 0 Å². The van der Waals surface area contributed by atoms with E-state index in [0.717, 1.165) is 4.90 Å². The Kier molecular flexibility index (Phi) is 5.05. The first-order valence-electron chi connectivity index (χ1n) is 6.42. The molecular weight excluding hydrogens is 326 g/mol. The molecule has 0 fully saturated rings. The maximum atomic E-state index is 12.2. The van der Waals surface area contributed by atoms with Crippen LogP contribution in [0.4, 0.5) is 10.5 Å². The zero-order valence-electron chi connectivity index (χ0n) is 11.5. The van der Waals surface area contributed by atoms with E-state index in [1.165, 1.54) is 36.4 Å². The molecule has 5 nitrogen and oxygen atoms in total. The van der Waals surface area contributed by atoms with Crippen molar-refractivity contribution in [1.82, 2.24) is 0 Å². The first kappa shape index (κ1) is 16.3. The van der Waals surface area contributed by atoms with Gasteiger partial charge in [0.15, 0.2) is 9.84 Å². The molecule has 2 aromatic rings. The van der Waals surface area contributed by atoms with Crippen LogP contribution >= 0.6 is 11.6 Å². The number of benzene rings is 2. The monoisotopic (exact) mass is 338 g/mol. The summed E-state index contributed by atoms with van der Waals surface area (Å²) in [6.45, 7) is -0.221. The van der Waals surface area contributed by atoms with E-state index in [9.17, 15) is 18.3 Å². The van der Waals surface area contributed by atoms with Crippen molar-refractivity contribution in [2.75, 3.05) is 17.2 Å². The van der Waals surface area contributed by atoms with Gasteiger partial charge in [0.1, 0.15) is 6.09 Å². The Morgan fingerprint density at radius 1 is 1.05 bits per heavy atom. The minimum Gasteiger partial charge on any atom is -0.530 e. The predicted molar refractivity (Wildman–Crippen MR) is 82.7 cm³/mol. The fourth-order valence-corrected chi connectivity index (χ4v) is 3.26. The number of halogens is 1. The van der Waals surface area contributed by atoms with Crippen molar-refractivity contribution in [3.05, 3.63) is 59.6 Å². The summed E-state index contributed by atoms with van der Waals surface area (Å²) in [5, 5.41) is 11.7. The lowest BCUT2D eigenvalue weighted by Crippen LogP contribution is -2.43. The van der Waals surface area contributed by atoms with Crippen LogP contribution in [-0.4, -0.2) is 26.8 Å². The maximum absolute atomic E-state index is 12.2. The molecule has 116 valence electrons. The highest BCUT2D eigenvalue weighted by molar-refractivity contribution is 7.91. The van der Waals surface area contributed by atoms with E-state index in [2.05, 4.69) is 0 Å². The third-order valence-electron chi connectivity index (χ3n) is 3.04. The molecule has 0 aromatic heterocycles. The van der Waals surface area contributed by atoms with E-state index in [1.54, 1.807) is 18.2 Å². The van der Waals surface area contributed by atoms with Gasteiger partial charge in [-0.1, -0.05) is 29.8 Å². The van der Waals surface area contributed by atoms with Gasteiger partial charge in [-0.3, -0.25) is 0 Å². The molecule has 2 rings (SSSR count). The molecule has 0 unspecified atom stereocenters. The lowest BCUT2D eigenvalue weighted by molar-refractivity contribution is -0.246. The SMILES string of the molecule is O=C([O-])N(CCS(=O)(=O)c1ccccc1)c1ccc(Cl)cc1. The second kappa shape index (κ2) is 6.81. The van der Waals surface area contributed by atoms with Crippen molar-refractivity contribution in [2.24, 2.45) is 0 Å². The molecule has 0 N–H and O–H groups in total. The summed E-state index contributed by atoms with van der Waals surface area (Å²) >= 11 is 5.75. The van der Waals surface area contributed by atoms with Crippen LogP contribution in [0.5, 0.6) is 0 Å². The molecule has 7 heteroatoms. The topological polar surface area (TPSA) is 77.5 Å². The number of sulfone groups is 1. The summed E-state index contributed by atoms with van der Waals surface area (Å²) in [6.07, 6.45) is -1.47. The van der Waals surface area contributed by atoms with E-state index in [1.807, 2.05) is 0 Å². The molecule has 0 atom stereocenters. The summed E-state index contributed by atoms with van der Waals surface area (Å²) in [6, 6.07) is 13.9. The summed E-state index contributed by atoms with van der Waals surface area (Å²) in [7, 11) is -3.56. The minimum atomic E-state index is -3.56. The molecular formula is C15H13ClNO4S-. The van der Waals surface area contributed by atoms with Crippen molar-refractivity contribution in [2.45, 2.75) is 4.90 Å². The number of hydrogen-bond acceptors (Lipinski definition) is 4. The maximum Gasteiger partial charge on any atom is 0.180 e. The molecule has 0 aliphatic rings. The normalized spacial score (nSPS) is 11.1. The zero-order valence-corrected chi connectivity index (χ0v) is 13.0. The quantitative estimate of drug-likeness (QED) is 0.835. The largest absolute Gasteiger partial charge is 0.530 e. The predicted octanol–water partition coefficient (Wildman–Crippen LogP) is 1.96. The van der Waals surface area contributed by atoms with Crippen molar-refractivity contribution < 1.29 is 18.3 Å². The van der Waals surface area contributed by atoms with Crippen molar-refractivity contribution in [3.8, 4) is 0 Å². The zero-order chi connectivity index (χ0) is 16.2. The van der Waals surface area contributed by atoms with Gasteiger partial charge in [0.25, 0.3) is 0 Å². The van der Waals surface area contributed by atoms with E-state index in [-0.39, 0.29) is 17.2 Å². The lowest BCUT2D eigenvalue weighted by atomic mass is 10.3. The molecule has 0 heterocycles. The molecule has 0 saturated carbocycles. The summed E-state index contributed by atoms with van der Waals surface area (Å²) < 4.78 is 24.4. The van der Waals surface area contributed by atoms with Crippen LogP contribution in [0.2, 0.25) is 5.02 Å². The Balaban J connectivity index is 2.16. The molecule has 0 saturated heterocycles. The molecule has 0 radical (unpaired) electrons. The Hall–Kier alpha value is -2.05. The third-order valence-corrected chi connectivity index (χ3v) is 5.01. The molecule has 0 bridgehead atoms. The fraction of sp³-hybridized carbons (Fsp3) is 0.133. The number of carbonyl (C=O) groups is 1. The molecule has 0 aliphatic heterocycles. The van der Waals surface area contributed by atoms with E-state index in [0.29, 0.717) is 10.7 Å². The summed E-state index contributed by atoms with van der Waals surface area (Å²) in [4.78, 5) is 12.3. The van der Waals surface area contributed by atoms with Crippen LogP contribution in [0.25, 0.3) is 0 Å². The summed E-state index contributed by atoms with van der Waals surface area (Å²) in [5.74, 6) is -0.340. The van der Waals surface area contributed by atoms with Gasteiger partial charge in [0.2, 0.25) is 0 Å². The highest BCUT2D eigenvalue weighted by Crippen LogP contribution is 2.18.